The van der Waals surface area contributed by atoms with E-state index in [1.54, 1.807) is 19.1 Å². The van der Waals surface area contributed by atoms with E-state index in [1.165, 1.54) is 6.26 Å². The highest BCUT2D eigenvalue weighted by Gasteiger charge is 2.11. The predicted molar refractivity (Wildman–Crippen MR) is 115 cm³/mol. The molecule has 25 heavy (non-hydrogen) atoms. The molecular formula is C18H24IN3O2S. The zero-order valence-corrected chi connectivity index (χ0v) is 18.0. The van der Waals surface area contributed by atoms with Crippen molar-refractivity contribution in [3.63, 3.8) is 0 Å². The van der Waals surface area contributed by atoms with E-state index in [0.29, 0.717) is 17.4 Å². The summed E-state index contributed by atoms with van der Waals surface area (Å²) in [4.78, 5) is 4.62. The van der Waals surface area contributed by atoms with Crippen LogP contribution in [0.2, 0.25) is 0 Å². The van der Waals surface area contributed by atoms with Crippen molar-refractivity contribution in [2.45, 2.75) is 32.2 Å². The molecule has 2 aromatic carbocycles. The van der Waals surface area contributed by atoms with Gasteiger partial charge in [0, 0.05) is 11.9 Å². The molecule has 0 amide bonds. The maximum absolute atomic E-state index is 11.8. The van der Waals surface area contributed by atoms with Crippen LogP contribution in [0.3, 0.4) is 0 Å². The molecule has 2 aromatic rings. The molecule has 3 N–H and O–H groups in total. The van der Waals surface area contributed by atoms with Gasteiger partial charge in [0.25, 0.3) is 0 Å². The van der Waals surface area contributed by atoms with Crippen molar-refractivity contribution < 1.29 is 8.42 Å². The molecule has 0 spiro atoms. The van der Waals surface area contributed by atoms with Crippen LogP contribution in [-0.4, -0.2) is 20.6 Å². The van der Waals surface area contributed by atoms with Gasteiger partial charge >= 0.3 is 0 Å². The van der Waals surface area contributed by atoms with Crippen LogP contribution in [0.1, 0.15) is 22.3 Å². The summed E-state index contributed by atoms with van der Waals surface area (Å²) >= 11 is 0. The van der Waals surface area contributed by atoms with E-state index < -0.39 is 9.84 Å². The first kappa shape index (κ1) is 21.4. The Balaban J connectivity index is 0.00000312. The summed E-state index contributed by atoms with van der Waals surface area (Å²) in [6.07, 6.45) is 1.21. The molecule has 0 heterocycles. The van der Waals surface area contributed by atoms with E-state index in [9.17, 15) is 8.42 Å². The second kappa shape index (κ2) is 8.66. The zero-order chi connectivity index (χ0) is 17.9. The SMILES string of the molecule is Cc1cc(C)cc(NC(N)=NCc2ccc(C)c(S(C)(=O)=O)c2)c1.I. The zero-order valence-electron chi connectivity index (χ0n) is 14.8. The first-order valence-electron chi connectivity index (χ1n) is 7.60. The monoisotopic (exact) mass is 473 g/mol. The number of hydrogen-bond acceptors (Lipinski definition) is 3. The number of hydrogen-bond donors (Lipinski definition) is 2. The van der Waals surface area contributed by atoms with Gasteiger partial charge in [0.1, 0.15) is 0 Å². The Hall–Kier alpha value is -1.61. The Morgan fingerprint density at radius 1 is 1.08 bits per heavy atom. The van der Waals surface area contributed by atoms with Crippen LogP contribution < -0.4 is 11.1 Å². The second-order valence-electron chi connectivity index (χ2n) is 6.07. The molecule has 0 aliphatic heterocycles. The van der Waals surface area contributed by atoms with Crippen LogP contribution in [0.4, 0.5) is 5.69 Å². The molecule has 0 aliphatic carbocycles. The highest BCUT2D eigenvalue weighted by Crippen LogP contribution is 2.18. The van der Waals surface area contributed by atoms with Gasteiger partial charge < -0.3 is 11.1 Å². The molecule has 0 radical (unpaired) electrons. The fourth-order valence-corrected chi connectivity index (χ4v) is 3.57. The molecular weight excluding hydrogens is 449 g/mol. The number of halogens is 1. The Morgan fingerprint density at radius 3 is 2.24 bits per heavy atom. The second-order valence-corrected chi connectivity index (χ2v) is 8.06. The Morgan fingerprint density at radius 2 is 1.68 bits per heavy atom. The first-order chi connectivity index (χ1) is 11.1. The molecule has 0 aromatic heterocycles. The van der Waals surface area contributed by atoms with E-state index in [4.69, 9.17) is 5.73 Å². The fourth-order valence-electron chi connectivity index (χ4n) is 2.55. The van der Waals surface area contributed by atoms with Gasteiger partial charge in [0.15, 0.2) is 15.8 Å². The number of rotatable bonds is 4. The number of sulfone groups is 1. The van der Waals surface area contributed by atoms with Crippen LogP contribution in [0.15, 0.2) is 46.3 Å². The van der Waals surface area contributed by atoms with E-state index >= 15 is 0 Å². The van der Waals surface area contributed by atoms with E-state index in [0.717, 1.165) is 27.9 Å². The van der Waals surface area contributed by atoms with Gasteiger partial charge in [-0.15, -0.1) is 24.0 Å². The third kappa shape index (κ3) is 6.32. The van der Waals surface area contributed by atoms with Gasteiger partial charge in [-0.05, 0) is 61.2 Å². The van der Waals surface area contributed by atoms with Gasteiger partial charge in [-0.1, -0.05) is 18.2 Å². The van der Waals surface area contributed by atoms with Crippen molar-refractivity contribution in [3.8, 4) is 0 Å². The standard InChI is InChI=1S/C18H23N3O2S.HI/c1-12-7-13(2)9-16(8-12)21-18(19)20-11-15-6-5-14(3)17(10-15)24(4,22)23;/h5-10H,11H2,1-4H3,(H3,19,20,21);1H. The number of aliphatic imine (C=N–C) groups is 1. The summed E-state index contributed by atoms with van der Waals surface area (Å²) in [5.41, 5.74) is 10.6. The normalized spacial score (nSPS) is 11.8. The third-order valence-corrected chi connectivity index (χ3v) is 4.82. The summed E-state index contributed by atoms with van der Waals surface area (Å²) in [6, 6.07) is 11.4. The van der Waals surface area contributed by atoms with Crippen LogP contribution in [-0.2, 0) is 16.4 Å². The molecule has 0 saturated carbocycles. The summed E-state index contributed by atoms with van der Waals surface area (Å²) in [7, 11) is -3.25. The quantitative estimate of drug-likeness (QED) is 0.404. The van der Waals surface area contributed by atoms with Crippen LogP contribution in [0.25, 0.3) is 0 Å². The molecule has 0 unspecified atom stereocenters. The largest absolute Gasteiger partial charge is 0.370 e. The molecule has 2 rings (SSSR count). The number of aryl methyl sites for hydroxylation is 3. The minimum absolute atomic E-state index is 0. The minimum atomic E-state index is -3.25. The van der Waals surface area contributed by atoms with E-state index in [2.05, 4.69) is 16.4 Å². The molecule has 0 fully saturated rings. The maximum atomic E-state index is 11.8. The van der Waals surface area contributed by atoms with Crippen molar-refractivity contribution >= 4 is 45.5 Å². The number of benzene rings is 2. The van der Waals surface area contributed by atoms with Crippen LogP contribution >= 0.6 is 24.0 Å². The summed E-state index contributed by atoms with van der Waals surface area (Å²) in [6.45, 7) is 6.13. The Kier molecular flexibility index (Phi) is 7.43. The van der Waals surface area contributed by atoms with Crippen molar-refractivity contribution in [2.75, 3.05) is 11.6 Å². The van der Waals surface area contributed by atoms with Gasteiger partial charge in [-0.25, -0.2) is 13.4 Å². The van der Waals surface area contributed by atoms with Crippen molar-refractivity contribution in [1.82, 2.24) is 0 Å². The number of nitrogens with zero attached hydrogens (tertiary/aromatic N) is 1. The highest BCUT2D eigenvalue weighted by molar-refractivity contribution is 14.0. The van der Waals surface area contributed by atoms with Gasteiger partial charge in [-0.2, -0.15) is 0 Å². The fraction of sp³-hybridized carbons (Fsp3) is 0.278. The lowest BCUT2D eigenvalue weighted by atomic mass is 10.1. The molecule has 5 nitrogen and oxygen atoms in total. The molecule has 0 saturated heterocycles. The highest BCUT2D eigenvalue weighted by atomic mass is 127. The van der Waals surface area contributed by atoms with Crippen molar-refractivity contribution in [2.24, 2.45) is 10.7 Å². The van der Waals surface area contributed by atoms with Gasteiger partial charge in [0.2, 0.25) is 0 Å². The van der Waals surface area contributed by atoms with Crippen LogP contribution in [0.5, 0.6) is 0 Å². The lowest BCUT2D eigenvalue weighted by molar-refractivity contribution is 0.601. The topological polar surface area (TPSA) is 84.5 Å². The third-order valence-electron chi connectivity index (χ3n) is 3.58. The molecule has 7 heteroatoms. The Labute approximate surface area is 166 Å². The Bertz CT molecular complexity index is 873. The average molecular weight is 473 g/mol. The molecule has 136 valence electrons. The van der Waals surface area contributed by atoms with Gasteiger partial charge in [0.05, 0.1) is 11.4 Å². The van der Waals surface area contributed by atoms with E-state index in [-0.39, 0.29) is 24.0 Å². The predicted octanol–water partition coefficient (Wildman–Crippen LogP) is 3.56. The maximum Gasteiger partial charge on any atom is 0.193 e. The van der Waals surface area contributed by atoms with Crippen molar-refractivity contribution in [1.29, 1.82) is 0 Å². The number of anilines is 1. The molecule has 0 bridgehead atoms. The lowest BCUT2D eigenvalue weighted by Crippen LogP contribution is -2.22. The first-order valence-corrected chi connectivity index (χ1v) is 9.49. The molecule has 0 atom stereocenters. The summed E-state index contributed by atoms with van der Waals surface area (Å²) in [5, 5.41) is 3.06. The van der Waals surface area contributed by atoms with Crippen molar-refractivity contribution in [3.05, 3.63) is 58.7 Å². The number of guanidine groups is 1. The molecule has 0 aliphatic rings. The van der Waals surface area contributed by atoms with Crippen LogP contribution in [0, 0.1) is 20.8 Å². The summed E-state index contributed by atoms with van der Waals surface area (Å²) < 4.78 is 23.6. The van der Waals surface area contributed by atoms with Gasteiger partial charge in [-0.3, -0.25) is 0 Å². The number of nitrogens with one attached hydrogen (secondary N) is 1. The summed E-state index contributed by atoms with van der Waals surface area (Å²) in [5.74, 6) is 0.293. The number of nitrogens with two attached hydrogens (primary N) is 1. The average Bonchev–Trinajstić information content (AvgIpc) is 2.44. The van der Waals surface area contributed by atoms with E-state index in [1.807, 2.05) is 32.0 Å². The lowest BCUT2D eigenvalue weighted by Gasteiger charge is -2.09. The minimum Gasteiger partial charge on any atom is -0.370 e. The smallest absolute Gasteiger partial charge is 0.193 e.